The van der Waals surface area contributed by atoms with Crippen LogP contribution in [0.15, 0.2) is 67.1 Å². The lowest BCUT2D eigenvalue weighted by molar-refractivity contribution is -0.138. The summed E-state index contributed by atoms with van der Waals surface area (Å²) in [6.07, 6.45) is 6.78. The first-order valence-corrected chi connectivity index (χ1v) is 20.6. The van der Waals surface area contributed by atoms with E-state index in [9.17, 15) is 28.8 Å². The van der Waals surface area contributed by atoms with Gasteiger partial charge in [0, 0.05) is 55.1 Å². The third kappa shape index (κ3) is 12.7. The highest BCUT2D eigenvalue weighted by atomic mass is 16.5. The lowest BCUT2D eigenvalue weighted by atomic mass is 9.99. The van der Waals surface area contributed by atoms with Crippen molar-refractivity contribution in [2.75, 3.05) is 20.2 Å². The molecule has 5 rings (SSSR count). The summed E-state index contributed by atoms with van der Waals surface area (Å²) in [4.78, 5) is 89.0. The maximum absolute atomic E-state index is 14.4. The van der Waals surface area contributed by atoms with Crippen LogP contribution in [0.3, 0.4) is 0 Å². The van der Waals surface area contributed by atoms with Gasteiger partial charge >= 0.3 is 0 Å². The minimum Gasteiger partial charge on any atom is -0.497 e. The Bertz CT molecular complexity index is 2080. The van der Waals surface area contributed by atoms with Crippen molar-refractivity contribution < 1.29 is 33.5 Å². The van der Waals surface area contributed by atoms with E-state index in [2.05, 4.69) is 41.8 Å². The molecule has 0 saturated carbocycles. The fraction of sp³-hybridized carbons (Fsp3) is 0.477. The number of ether oxygens (including phenoxy) is 1. The van der Waals surface area contributed by atoms with Crippen molar-refractivity contribution in [2.24, 2.45) is 11.8 Å². The number of nitrogens with one attached hydrogen (secondary N) is 7. The Hall–Kier alpha value is -6.19. The maximum Gasteiger partial charge on any atom is 0.243 e. The molecule has 16 nitrogen and oxygen atoms in total. The highest BCUT2D eigenvalue weighted by molar-refractivity contribution is 5.96. The van der Waals surface area contributed by atoms with Crippen molar-refractivity contribution in [1.82, 2.24) is 46.7 Å². The fourth-order valence-corrected chi connectivity index (χ4v) is 7.22. The van der Waals surface area contributed by atoms with Crippen molar-refractivity contribution in [2.45, 2.75) is 103 Å². The van der Waals surface area contributed by atoms with Crippen LogP contribution in [0.4, 0.5) is 0 Å². The van der Waals surface area contributed by atoms with E-state index in [1.54, 1.807) is 50.0 Å². The number of carbonyl (C=O) groups is 6. The number of aromatic nitrogens is 3. The zero-order chi connectivity index (χ0) is 43.3. The minimum atomic E-state index is -1.16. The van der Waals surface area contributed by atoms with Gasteiger partial charge in [-0.1, -0.05) is 58.0 Å². The quantitative estimate of drug-likeness (QED) is 0.112. The third-order valence-electron chi connectivity index (χ3n) is 10.7. The Labute approximate surface area is 350 Å². The summed E-state index contributed by atoms with van der Waals surface area (Å²) in [5, 5.41) is 22.0. The van der Waals surface area contributed by atoms with E-state index in [1.807, 2.05) is 52.0 Å². The molecule has 3 heterocycles. The number of methoxy groups -OCH3 is 1. The number of aromatic amines is 2. The van der Waals surface area contributed by atoms with Gasteiger partial charge in [0.25, 0.3) is 0 Å². The fourth-order valence-electron chi connectivity index (χ4n) is 7.22. The summed E-state index contributed by atoms with van der Waals surface area (Å²) >= 11 is 0. The van der Waals surface area contributed by atoms with Crippen LogP contribution in [0.1, 0.15) is 70.6 Å². The maximum atomic E-state index is 14.4. The van der Waals surface area contributed by atoms with Gasteiger partial charge in [0.15, 0.2) is 0 Å². The largest absolute Gasteiger partial charge is 0.497 e. The van der Waals surface area contributed by atoms with E-state index < -0.39 is 66.3 Å². The van der Waals surface area contributed by atoms with Crippen molar-refractivity contribution >= 4 is 46.3 Å². The Balaban J connectivity index is 1.50. The summed E-state index contributed by atoms with van der Waals surface area (Å²) in [7, 11) is 1.55. The number of benzene rings is 2. The minimum absolute atomic E-state index is 0.00599. The molecule has 16 heteroatoms. The zero-order valence-electron chi connectivity index (χ0n) is 35.3. The third-order valence-corrected chi connectivity index (χ3v) is 10.7. The lowest BCUT2D eigenvalue weighted by Crippen LogP contribution is -2.60. The van der Waals surface area contributed by atoms with Crippen LogP contribution in [0.2, 0.25) is 0 Å². The van der Waals surface area contributed by atoms with Gasteiger partial charge < -0.3 is 41.2 Å². The van der Waals surface area contributed by atoms with E-state index in [1.165, 1.54) is 11.8 Å². The van der Waals surface area contributed by atoms with E-state index in [4.69, 9.17) is 4.74 Å². The number of para-hydroxylation sites is 1. The number of fused-ring (bicyclic) bond motifs is 1. The standard InChI is InChI=1S/C44H59N9O7/c1-26(2)18-35-43(58)51-36(19-29-14-16-32(60-6)17-15-29)42(57)48-28(5)41(56)52-38(27(3)4)24-53(40(55)13-9-10-30-21-46-47-22-30)25-39(54)49-37(44(59)50-35)20-31-23-45-34-12-8-7-11-33(31)34/h7-8,11-12,14-17,21-23,26-28,35-38,45H,9-10,13,18-20,24-25H2,1-6H3,(H,46,47)(H,48,57)(H,49,54)(H,50,59)(H,51,58)(H,52,56)/t28-,35+,36+,37-,38-/m1/s1. The predicted molar refractivity (Wildman–Crippen MR) is 226 cm³/mol. The summed E-state index contributed by atoms with van der Waals surface area (Å²) in [5.41, 5.74) is 3.26. The van der Waals surface area contributed by atoms with Crippen molar-refractivity contribution in [1.29, 1.82) is 0 Å². The molecule has 1 fully saturated rings. The molecule has 5 atom stereocenters. The van der Waals surface area contributed by atoms with Gasteiger partial charge in [0.2, 0.25) is 35.4 Å². The Kier molecular flexibility index (Phi) is 15.9. The normalized spacial score (nSPS) is 21.4. The average Bonchev–Trinajstić information content (AvgIpc) is 3.89. The molecule has 0 bridgehead atoms. The molecule has 1 aliphatic rings. The number of rotatable bonds is 12. The van der Waals surface area contributed by atoms with Gasteiger partial charge in [-0.15, -0.1) is 0 Å². The first-order valence-electron chi connectivity index (χ1n) is 20.6. The highest BCUT2D eigenvalue weighted by Gasteiger charge is 2.34. The molecule has 322 valence electrons. The topological polar surface area (TPSA) is 220 Å². The van der Waals surface area contributed by atoms with Gasteiger partial charge in [-0.25, -0.2) is 0 Å². The molecular weight excluding hydrogens is 767 g/mol. The molecule has 2 aromatic carbocycles. The number of amides is 6. The molecule has 1 saturated heterocycles. The van der Waals surface area contributed by atoms with E-state index >= 15 is 0 Å². The second-order valence-electron chi connectivity index (χ2n) is 16.3. The van der Waals surface area contributed by atoms with Crippen LogP contribution in [-0.2, 0) is 48.0 Å². The van der Waals surface area contributed by atoms with Gasteiger partial charge in [0.05, 0.1) is 19.9 Å². The first kappa shape index (κ1) is 44.9. The molecule has 2 aromatic heterocycles. The van der Waals surface area contributed by atoms with Crippen LogP contribution in [0.25, 0.3) is 10.9 Å². The number of nitrogens with zero attached hydrogens (tertiary/aromatic N) is 2. The van der Waals surface area contributed by atoms with Crippen molar-refractivity contribution in [3.63, 3.8) is 0 Å². The predicted octanol–water partition coefficient (Wildman–Crippen LogP) is 2.70. The zero-order valence-corrected chi connectivity index (χ0v) is 35.3. The summed E-state index contributed by atoms with van der Waals surface area (Å²) in [6.45, 7) is 8.72. The monoisotopic (exact) mass is 825 g/mol. The van der Waals surface area contributed by atoms with Crippen LogP contribution >= 0.6 is 0 Å². The number of hydrogen-bond donors (Lipinski definition) is 7. The molecule has 1 aliphatic heterocycles. The van der Waals surface area contributed by atoms with Crippen LogP contribution in [0, 0.1) is 11.8 Å². The second kappa shape index (κ2) is 21.2. The van der Waals surface area contributed by atoms with Gasteiger partial charge in [-0.05, 0) is 72.9 Å². The SMILES string of the molecule is COc1ccc(C[C@@H]2NC(=O)[C@H](CC(C)C)NC(=O)[C@@H](Cc3c[nH]c4ccccc34)NC(=O)CN(C(=O)CCCc3cn[nH]c3)C[C@H](C(C)C)NC(=O)[C@@H](C)NC2=O)cc1. The van der Waals surface area contributed by atoms with Gasteiger partial charge in [-0.3, -0.25) is 33.9 Å². The van der Waals surface area contributed by atoms with Crippen LogP contribution < -0.4 is 31.3 Å². The van der Waals surface area contributed by atoms with Crippen molar-refractivity contribution in [3.05, 3.63) is 83.8 Å². The number of hydrogen-bond acceptors (Lipinski definition) is 8. The molecule has 0 radical (unpaired) electrons. The summed E-state index contributed by atoms with van der Waals surface area (Å²) in [5.74, 6) is -2.83. The highest BCUT2D eigenvalue weighted by Crippen LogP contribution is 2.20. The summed E-state index contributed by atoms with van der Waals surface area (Å²) < 4.78 is 5.29. The molecule has 0 aliphatic carbocycles. The van der Waals surface area contributed by atoms with Gasteiger partial charge in [0.1, 0.15) is 29.9 Å². The van der Waals surface area contributed by atoms with E-state index in [0.717, 1.165) is 27.6 Å². The summed E-state index contributed by atoms with van der Waals surface area (Å²) in [6, 6.07) is 9.61. The molecule has 60 heavy (non-hydrogen) atoms. The Morgan fingerprint density at radius 3 is 2.17 bits per heavy atom. The molecular formula is C44H59N9O7. The van der Waals surface area contributed by atoms with E-state index in [-0.39, 0.29) is 50.0 Å². The second-order valence-corrected chi connectivity index (χ2v) is 16.3. The average molecular weight is 826 g/mol. The van der Waals surface area contributed by atoms with Crippen LogP contribution in [0.5, 0.6) is 5.75 Å². The molecule has 0 unspecified atom stereocenters. The molecule has 0 spiro atoms. The number of carbonyl (C=O) groups excluding carboxylic acids is 6. The Morgan fingerprint density at radius 2 is 1.48 bits per heavy atom. The molecule has 7 N–H and O–H groups in total. The lowest BCUT2D eigenvalue weighted by Gasteiger charge is -2.32. The smallest absolute Gasteiger partial charge is 0.243 e. The van der Waals surface area contributed by atoms with Crippen molar-refractivity contribution in [3.8, 4) is 5.75 Å². The number of H-pyrrole nitrogens is 2. The molecule has 4 aromatic rings. The Morgan fingerprint density at radius 1 is 0.800 bits per heavy atom. The number of aryl methyl sites for hydroxylation is 1. The van der Waals surface area contributed by atoms with Gasteiger partial charge in [-0.2, -0.15) is 5.10 Å². The first-order chi connectivity index (χ1) is 28.7. The van der Waals surface area contributed by atoms with Crippen LogP contribution in [-0.4, -0.2) is 106 Å². The van der Waals surface area contributed by atoms with E-state index in [0.29, 0.717) is 18.6 Å². The molecule has 6 amide bonds.